The topological polar surface area (TPSA) is 61.4 Å². The lowest BCUT2D eigenvalue weighted by Crippen LogP contribution is -2.58. The molecular weight excluding hydrogens is 321 g/mol. The second kappa shape index (κ2) is 7.95. The Hall–Kier alpha value is -1.95. The highest BCUT2D eigenvalue weighted by Crippen LogP contribution is 2.33. The van der Waals surface area contributed by atoms with Crippen molar-refractivity contribution in [3.63, 3.8) is 0 Å². The number of piperidine rings is 2. The van der Waals surface area contributed by atoms with Crippen LogP contribution in [0.1, 0.15) is 44.6 Å². The van der Waals surface area contributed by atoms with Gasteiger partial charge in [-0.1, -0.05) is 18.6 Å². The van der Waals surface area contributed by atoms with E-state index in [1.165, 1.54) is 18.6 Å². The lowest BCUT2D eigenvalue weighted by molar-refractivity contribution is -0.126. The lowest BCUT2D eigenvalue weighted by atomic mass is 9.81. The van der Waals surface area contributed by atoms with E-state index in [1.807, 2.05) is 0 Å². The number of amides is 2. The summed E-state index contributed by atoms with van der Waals surface area (Å²) in [5.41, 5.74) is 0.888. The zero-order chi connectivity index (χ0) is 17.8. The molecule has 0 radical (unpaired) electrons. The molecule has 0 saturated carbocycles. The van der Waals surface area contributed by atoms with Crippen LogP contribution in [0.5, 0.6) is 0 Å². The summed E-state index contributed by atoms with van der Waals surface area (Å²) in [6, 6.07) is 7.12. The Morgan fingerprint density at radius 2 is 1.80 bits per heavy atom. The van der Waals surface area contributed by atoms with Crippen molar-refractivity contribution in [3.05, 3.63) is 35.6 Å². The monoisotopic (exact) mass is 347 g/mol. The van der Waals surface area contributed by atoms with Gasteiger partial charge in [-0.2, -0.15) is 0 Å². The number of fused-ring (bicyclic) bond motifs is 2. The van der Waals surface area contributed by atoms with E-state index in [9.17, 15) is 14.0 Å². The fourth-order valence-electron chi connectivity index (χ4n) is 4.17. The zero-order valence-corrected chi connectivity index (χ0v) is 14.6. The minimum absolute atomic E-state index is 0.000739. The second-order valence-electron chi connectivity index (χ2n) is 7.18. The first-order valence-electron chi connectivity index (χ1n) is 9.05. The summed E-state index contributed by atoms with van der Waals surface area (Å²) in [5.74, 6) is -0.252. The Labute approximate surface area is 148 Å². The van der Waals surface area contributed by atoms with Gasteiger partial charge in [-0.15, -0.1) is 0 Å². The summed E-state index contributed by atoms with van der Waals surface area (Å²) in [4.78, 5) is 26.0. The number of carbonyl (C=O) groups is 2. The van der Waals surface area contributed by atoms with Crippen LogP contribution in [-0.2, 0) is 16.1 Å². The highest BCUT2D eigenvalue weighted by atomic mass is 19.1. The van der Waals surface area contributed by atoms with Gasteiger partial charge in [0.15, 0.2) is 0 Å². The van der Waals surface area contributed by atoms with E-state index in [0.29, 0.717) is 25.2 Å². The van der Waals surface area contributed by atoms with Crippen molar-refractivity contribution in [2.24, 2.45) is 0 Å². The minimum Gasteiger partial charge on any atom is -0.353 e. The first-order chi connectivity index (χ1) is 12.0. The maximum absolute atomic E-state index is 12.9. The van der Waals surface area contributed by atoms with Gasteiger partial charge in [0.25, 0.3) is 0 Å². The molecule has 0 aromatic heterocycles. The van der Waals surface area contributed by atoms with E-state index in [0.717, 1.165) is 31.2 Å². The fraction of sp³-hybridized carbons (Fsp3) is 0.579. The largest absolute Gasteiger partial charge is 0.353 e. The molecule has 0 aliphatic carbocycles. The molecule has 6 heteroatoms. The Balaban J connectivity index is 1.52. The van der Waals surface area contributed by atoms with E-state index >= 15 is 0 Å². The van der Waals surface area contributed by atoms with Crippen LogP contribution in [0.2, 0.25) is 0 Å². The molecule has 0 unspecified atom stereocenters. The van der Waals surface area contributed by atoms with E-state index in [2.05, 4.69) is 15.5 Å². The van der Waals surface area contributed by atoms with E-state index in [1.54, 1.807) is 19.1 Å². The van der Waals surface area contributed by atoms with E-state index < -0.39 is 0 Å². The van der Waals surface area contributed by atoms with Crippen LogP contribution < -0.4 is 10.6 Å². The first-order valence-corrected chi connectivity index (χ1v) is 9.05. The Morgan fingerprint density at radius 3 is 2.40 bits per heavy atom. The molecular formula is C19H26FN3O2. The average molecular weight is 347 g/mol. The predicted molar refractivity (Wildman–Crippen MR) is 93.2 cm³/mol. The summed E-state index contributed by atoms with van der Waals surface area (Å²) in [6.45, 7) is 2.37. The van der Waals surface area contributed by atoms with Gasteiger partial charge in [-0.3, -0.25) is 14.5 Å². The molecule has 136 valence electrons. The molecule has 2 N–H and O–H groups in total. The van der Waals surface area contributed by atoms with Gasteiger partial charge in [0.2, 0.25) is 11.8 Å². The Kier molecular flexibility index (Phi) is 5.68. The van der Waals surface area contributed by atoms with Crippen molar-refractivity contribution in [2.45, 2.75) is 63.7 Å². The summed E-state index contributed by atoms with van der Waals surface area (Å²) >= 11 is 0. The molecule has 2 aliphatic rings. The van der Waals surface area contributed by atoms with Crippen molar-refractivity contribution in [2.75, 3.05) is 6.54 Å². The molecule has 2 amide bonds. The Morgan fingerprint density at radius 1 is 1.16 bits per heavy atom. The van der Waals surface area contributed by atoms with Crippen LogP contribution in [0.3, 0.4) is 0 Å². The van der Waals surface area contributed by atoms with Gasteiger partial charge in [0, 0.05) is 31.6 Å². The number of rotatable bonds is 5. The van der Waals surface area contributed by atoms with Crippen LogP contribution in [-0.4, -0.2) is 41.4 Å². The molecule has 1 aromatic rings. The molecule has 3 rings (SSSR count). The van der Waals surface area contributed by atoms with Crippen LogP contribution in [0.4, 0.5) is 4.39 Å². The third kappa shape index (κ3) is 4.78. The van der Waals surface area contributed by atoms with Crippen molar-refractivity contribution < 1.29 is 14.0 Å². The molecule has 2 bridgehead atoms. The SMILES string of the molecule is CC(=O)NC1C[C@@H]2CCC[C@@H](C1)N2CC(=O)NCc1ccc(F)cc1. The summed E-state index contributed by atoms with van der Waals surface area (Å²) in [5, 5.41) is 5.96. The van der Waals surface area contributed by atoms with Gasteiger partial charge in [0.05, 0.1) is 6.54 Å². The molecule has 0 spiro atoms. The van der Waals surface area contributed by atoms with Crippen LogP contribution in [0, 0.1) is 5.82 Å². The van der Waals surface area contributed by atoms with Gasteiger partial charge in [0.1, 0.15) is 5.82 Å². The van der Waals surface area contributed by atoms with Crippen molar-refractivity contribution >= 4 is 11.8 Å². The third-order valence-corrected chi connectivity index (χ3v) is 5.26. The molecule has 5 nitrogen and oxygen atoms in total. The van der Waals surface area contributed by atoms with Gasteiger partial charge in [-0.25, -0.2) is 4.39 Å². The zero-order valence-electron chi connectivity index (χ0n) is 14.6. The maximum Gasteiger partial charge on any atom is 0.234 e. The van der Waals surface area contributed by atoms with Crippen LogP contribution in [0.25, 0.3) is 0 Å². The smallest absolute Gasteiger partial charge is 0.234 e. The molecule has 2 heterocycles. The molecule has 25 heavy (non-hydrogen) atoms. The van der Waals surface area contributed by atoms with Gasteiger partial charge < -0.3 is 10.6 Å². The Bertz CT molecular complexity index is 606. The molecule has 2 atom stereocenters. The first kappa shape index (κ1) is 17.9. The predicted octanol–water partition coefficient (Wildman–Crippen LogP) is 1.96. The maximum atomic E-state index is 12.9. The molecule has 2 saturated heterocycles. The summed E-state index contributed by atoms with van der Waals surface area (Å²) in [6.07, 6.45) is 5.19. The quantitative estimate of drug-likeness (QED) is 0.856. The molecule has 2 aliphatic heterocycles. The number of hydrogen-bond donors (Lipinski definition) is 2. The minimum atomic E-state index is -0.273. The summed E-state index contributed by atoms with van der Waals surface area (Å²) in [7, 11) is 0. The number of halogens is 1. The highest BCUT2D eigenvalue weighted by Gasteiger charge is 2.39. The number of nitrogens with one attached hydrogen (secondary N) is 2. The number of nitrogens with zero attached hydrogens (tertiary/aromatic N) is 1. The normalized spacial score (nSPS) is 26.1. The second-order valence-corrected chi connectivity index (χ2v) is 7.18. The van der Waals surface area contributed by atoms with E-state index in [-0.39, 0.29) is 23.7 Å². The van der Waals surface area contributed by atoms with Gasteiger partial charge >= 0.3 is 0 Å². The average Bonchev–Trinajstić information content (AvgIpc) is 2.54. The van der Waals surface area contributed by atoms with E-state index in [4.69, 9.17) is 0 Å². The van der Waals surface area contributed by atoms with Crippen LogP contribution >= 0.6 is 0 Å². The molecule has 1 aromatic carbocycles. The third-order valence-electron chi connectivity index (χ3n) is 5.26. The van der Waals surface area contributed by atoms with Crippen molar-refractivity contribution in [1.82, 2.24) is 15.5 Å². The summed E-state index contributed by atoms with van der Waals surface area (Å²) < 4.78 is 12.9. The van der Waals surface area contributed by atoms with Gasteiger partial charge in [-0.05, 0) is 43.4 Å². The molecule has 2 fully saturated rings. The van der Waals surface area contributed by atoms with Crippen molar-refractivity contribution in [1.29, 1.82) is 0 Å². The van der Waals surface area contributed by atoms with Crippen molar-refractivity contribution in [3.8, 4) is 0 Å². The van der Waals surface area contributed by atoms with Crippen LogP contribution in [0.15, 0.2) is 24.3 Å². The number of hydrogen-bond acceptors (Lipinski definition) is 3. The highest BCUT2D eigenvalue weighted by molar-refractivity contribution is 5.78. The number of benzene rings is 1. The fourth-order valence-corrected chi connectivity index (χ4v) is 4.17. The number of carbonyl (C=O) groups excluding carboxylic acids is 2. The lowest BCUT2D eigenvalue weighted by Gasteiger charge is -2.48. The standard InChI is InChI=1S/C19H26FN3O2/c1-13(24)22-16-9-17-3-2-4-18(10-16)23(17)12-19(25)21-11-14-5-7-15(20)8-6-14/h5-8,16-18H,2-4,9-12H2,1H3,(H,21,25)(H,22,24)/t17-,18-/m0/s1.